The van der Waals surface area contributed by atoms with Crippen molar-refractivity contribution in [1.82, 2.24) is 5.32 Å². The molecule has 0 atom stereocenters. The molecular weight excluding hydrogens is 352 g/mol. The Bertz CT molecular complexity index is 960. The third kappa shape index (κ3) is 3.72. The molecule has 2 aliphatic carbocycles. The van der Waals surface area contributed by atoms with Crippen LogP contribution >= 0.6 is 11.8 Å². The van der Waals surface area contributed by atoms with Gasteiger partial charge in [0.1, 0.15) is 0 Å². The summed E-state index contributed by atoms with van der Waals surface area (Å²) in [7, 11) is 0. The molecule has 0 amide bonds. The molecule has 1 heterocycles. The molecule has 2 aromatic carbocycles. The van der Waals surface area contributed by atoms with E-state index in [1.54, 1.807) is 18.0 Å². The zero-order valence-electron chi connectivity index (χ0n) is 15.6. The summed E-state index contributed by atoms with van der Waals surface area (Å²) < 4.78 is 0. The quantitative estimate of drug-likeness (QED) is 0.700. The molecule has 0 radical (unpaired) electrons. The average molecular weight is 377 g/mol. The summed E-state index contributed by atoms with van der Waals surface area (Å²) in [5.41, 5.74) is 5.05. The van der Waals surface area contributed by atoms with E-state index in [1.807, 2.05) is 12.4 Å². The fraction of sp³-hybridized carbons (Fsp3) is 0.304. The number of carbonyl (C=O) groups excluding carboxylic acids is 1. The predicted molar refractivity (Wildman–Crippen MR) is 115 cm³/mol. The smallest absolute Gasteiger partial charge is 0.163 e. The average Bonchev–Trinajstić information content (AvgIpc) is 2.74. The summed E-state index contributed by atoms with van der Waals surface area (Å²) in [6.45, 7) is 0.872. The minimum absolute atomic E-state index is 0.359. The van der Waals surface area contributed by atoms with Crippen molar-refractivity contribution in [3.63, 3.8) is 0 Å². The van der Waals surface area contributed by atoms with Crippen molar-refractivity contribution in [2.24, 2.45) is 4.99 Å². The van der Waals surface area contributed by atoms with Gasteiger partial charge in [0.15, 0.2) is 5.78 Å². The molecule has 0 fully saturated rings. The van der Waals surface area contributed by atoms with E-state index in [-0.39, 0.29) is 0 Å². The summed E-state index contributed by atoms with van der Waals surface area (Å²) in [4.78, 5) is 17.5. The van der Waals surface area contributed by atoms with Gasteiger partial charge in [0.05, 0.1) is 0 Å². The van der Waals surface area contributed by atoms with E-state index in [4.69, 9.17) is 0 Å². The number of hydrogen-bond donors (Lipinski definition) is 1. The highest BCUT2D eigenvalue weighted by Gasteiger charge is 2.27. The van der Waals surface area contributed by atoms with Crippen molar-refractivity contribution in [3.8, 4) is 0 Å². The molecule has 1 N–H and O–H groups in total. The Morgan fingerprint density at radius 1 is 1.07 bits per heavy atom. The maximum Gasteiger partial charge on any atom is 0.163 e. The Morgan fingerprint density at radius 3 is 2.70 bits per heavy atom. The molecule has 1 aliphatic heterocycles. The summed E-state index contributed by atoms with van der Waals surface area (Å²) >= 11 is 1.78. The molecule has 0 saturated heterocycles. The molecule has 0 unspecified atom stereocenters. The van der Waals surface area contributed by atoms with Gasteiger partial charge >= 0.3 is 0 Å². The molecular formula is C23H24N2OS. The van der Waals surface area contributed by atoms with Crippen LogP contribution in [0.5, 0.6) is 0 Å². The summed E-state index contributed by atoms with van der Waals surface area (Å²) in [6.07, 6.45) is 12.5. The number of rotatable bonds is 1. The number of aryl methyl sites for hydroxylation is 1. The second-order valence-corrected chi connectivity index (χ2v) is 7.87. The van der Waals surface area contributed by atoms with Crippen LogP contribution in [0.3, 0.4) is 0 Å². The predicted octanol–water partition coefficient (Wildman–Crippen LogP) is 5.15. The Kier molecular flexibility index (Phi) is 5.44. The van der Waals surface area contributed by atoms with Gasteiger partial charge in [-0.3, -0.25) is 9.79 Å². The fourth-order valence-corrected chi connectivity index (χ4v) is 4.56. The van der Waals surface area contributed by atoms with E-state index in [9.17, 15) is 4.79 Å². The molecule has 0 saturated carbocycles. The van der Waals surface area contributed by atoms with E-state index in [0.717, 1.165) is 44.2 Å². The van der Waals surface area contributed by atoms with Crippen molar-refractivity contribution in [2.45, 2.75) is 37.0 Å². The molecule has 0 aromatic heterocycles. The van der Waals surface area contributed by atoms with Gasteiger partial charge < -0.3 is 5.32 Å². The number of nitrogens with zero attached hydrogens (tertiary/aromatic N) is 1. The minimum Gasteiger partial charge on any atom is -0.385 e. The monoisotopic (exact) mass is 376 g/mol. The Morgan fingerprint density at radius 2 is 2.00 bits per heavy atom. The van der Waals surface area contributed by atoms with Crippen LogP contribution in [0.15, 0.2) is 58.2 Å². The van der Waals surface area contributed by atoms with Crippen LogP contribution in [0, 0.1) is 0 Å². The topological polar surface area (TPSA) is 41.5 Å². The zero-order chi connectivity index (χ0) is 18.6. The summed E-state index contributed by atoms with van der Waals surface area (Å²) in [5, 5.41) is 5.58. The molecule has 3 nitrogen and oxygen atoms in total. The molecule has 3 aliphatic rings. The van der Waals surface area contributed by atoms with Gasteiger partial charge in [-0.15, -0.1) is 11.8 Å². The Balaban J connectivity index is 0.000000257. The van der Waals surface area contributed by atoms with Crippen LogP contribution < -0.4 is 5.32 Å². The number of Topliss-reactive ketones (excluding diaryl/α,β-unsaturated/α-hetero) is 1. The van der Waals surface area contributed by atoms with Gasteiger partial charge in [-0.25, -0.2) is 0 Å². The second kappa shape index (κ2) is 8.13. The van der Waals surface area contributed by atoms with Gasteiger partial charge in [0.25, 0.3) is 0 Å². The van der Waals surface area contributed by atoms with Crippen LogP contribution in [0.4, 0.5) is 0 Å². The first-order chi connectivity index (χ1) is 13.3. The van der Waals surface area contributed by atoms with Crippen LogP contribution in [0.1, 0.15) is 36.8 Å². The van der Waals surface area contributed by atoms with Crippen molar-refractivity contribution < 1.29 is 4.79 Å². The lowest BCUT2D eigenvalue weighted by atomic mass is 9.76. The number of fused-ring (bicyclic) bond motifs is 4. The van der Waals surface area contributed by atoms with Crippen molar-refractivity contribution >= 4 is 40.1 Å². The minimum atomic E-state index is 0.359. The Hall–Kier alpha value is -2.33. The number of benzene rings is 2. The van der Waals surface area contributed by atoms with E-state index in [0.29, 0.717) is 5.78 Å². The first kappa shape index (κ1) is 18.1. The fourth-order valence-electron chi connectivity index (χ4n) is 4.11. The number of aliphatic imine (C=N–C) groups is 1. The number of thioether (sulfide) groups is 1. The second-order valence-electron chi connectivity index (χ2n) is 6.99. The number of carbonyl (C=O) groups is 1. The van der Waals surface area contributed by atoms with Crippen molar-refractivity contribution in [1.29, 1.82) is 0 Å². The van der Waals surface area contributed by atoms with Crippen LogP contribution in [0.25, 0.3) is 16.3 Å². The van der Waals surface area contributed by atoms with E-state index < -0.39 is 0 Å². The highest BCUT2D eigenvalue weighted by atomic mass is 32.2. The van der Waals surface area contributed by atoms with Crippen LogP contribution in [-0.4, -0.2) is 24.8 Å². The SMILES string of the molecule is C1=CNCC=N1.CSc1ccc2c3c(ccc2c1)C1=C(CCCC1=O)CC3. The number of allylic oxidation sites excluding steroid dienone is 2. The van der Waals surface area contributed by atoms with Gasteiger partial charge in [0.2, 0.25) is 0 Å². The highest BCUT2D eigenvalue weighted by molar-refractivity contribution is 7.98. The molecule has 138 valence electrons. The standard InChI is InChI=1S/C19H18OS.C4H6N2/c1-21-14-7-10-15-13(11-14)6-9-17-16(15)8-5-12-3-2-4-18(20)19(12)17;1-2-6-4-3-5-1/h6-7,9-11H,2-5,8H2,1H3;1-3,6H,4H2. The maximum atomic E-state index is 12.4. The van der Waals surface area contributed by atoms with Crippen molar-refractivity contribution in [2.75, 3.05) is 12.8 Å². The van der Waals surface area contributed by atoms with E-state index in [2.05, 4.69) is 46.9 Å². The third-order valence-corrected chi connectivity index (χ3v) is 6.12. The molecule has 2 aromatic rings. The molecule has 5 rings (SSSR count). The lowest BCUT2D eigenvalue weighted by molar-refractivity contribution is -0.114. The molecule has 0 spiro atoms. The first-order valence-electron chi connectivity index (χ1n) is 9.53. The number of hydrogen-bond acceptors (Lipinski definition) is 4. The number of ketones is 1. The lowest BCUT2D eigenvalue weighted by Gasteiger charge is -2.27. The van der Waals surface area contributed by atoms with E-state index in [1.165, 1.54) is 32.4 Å². The Labute approximate surface area is 164 Å². The van der Waals surface area contributed by atoms with Gasteiger partial charge in [-0.2, -0.15) is 0 Å². The molecule has 0 bridgehead atoms. The van der Waals surface area contributed by atoms with Gasteiger partial charge in [-0.1, -0.05) is 23.8 Å². The van der Waals surface area contributed by atoms with Crippen LogP contribution in [0.2, 0.25) is 0 Å². The number of nitrogens with one attached hydrogen (secondary N) is 1. The summed E-state index contributed by atoms with van der Waals surface area (Å²) in [5.74, 6) is 0.359. The summed E-state index contributed by atoms with van der Waals surface area (Å²) in [6, 6.07) is 11.1. The normalized spacial score (nSPS) is 17.7. The van der Waals surface area contributed by atoms with Gasteiger partial charge in [-0.05, 0) is 66.0 Å². The molecule has 4 heteroatoms. The van der Waals surface area contributed by atoms with Gasteiger partial charge in [0, 0.05) is 42.0 Å². The maximum absolute atomic E-state index is 12.4. The van der Waals surface area contributed by atoms with Crippen LogP contribution in [-0.2, 0) is 11.2 Å². The van der Waals surface area contributed by atoms with E-state index >= 15 is 0 Å². The first-order valence-corrected chi connectivity index (χ1v) is 10.8. The largest absolute Gasteiger partial charge is 0.385 e. The van der Waals surface area contributed by atoms with Crippen molar-refractivity contribution in [3.05, 3.63) is 59.4 Å². The lowest BCUT2D eigenvalue weighted by Crippen LogP contribution is -2.16. The highest BCUT2D eigenvalue weighted by Crippen LogP contribution is 2.41. The molecule has 27 heavy (non-hydrogen) atoms. The third-order valence-electron chi connectivity index (χ3n) is 5.39. The zero-order valence-corrected chi connectivity index (χ0v) is 16.4.